The third kappa shape index (κ3) is 2.02. The number of rotatable bonds is 4. The van der Waals surface area contributed by atoms with Crippen LogP contribution >= 0.6 is 0 Å². The molecule has 0 unspecified atom stereocenters. The zero-order valence-electron chi connectivity index (χ0n) is 11.1. The summed E-state index contributed by atoms with van der Waals surface area (Å²) in [6, 6.07) is 6.73. The lowest BCUT2D eigenvalue weighted by molar-refractivity contribution is 0.355. The molecule has 3 heteroatoms. The predicted octanol–water partition coefficient (Wildman–Crippen LogP) is 3.30. The molecule has 2 aliphatic carbocycles. The molecular weight excluding hydrogens is 226 g/mol. The van der Waals surface area contributed by atoms with Gasteiger partial charge in [-0.1, -0.05) is 6.42 Å². The van der Waals surface area contributed by atoms with E-state index in [1.807, 2.05) is 12.1 Å². The van der Waals surface area contributed by atoms with Crippen molar-refractivity contribution in [2.45, 2.75) is 31.7 Å². The fourth-order valence-corrected chi connectivity index (χ4v) is 3.56. The molecule has 2 aliphatic rings. The van der Waals surface area contributed by atoms with Gasteiger partial charge in [-0.25, -0.2) is 0 Å². The number of benzene rings is 1. The molecule has 0 saturated heterocycles. The minimum absolute atomic E-state index is 0.654. The molecule has 2 bridgehead atoms. The Hall–Kier alpha value is -1.38. The van der Waals surface area contributed by atoms with Crippen molar-refractivity contribution in [3.05, 3.63) is 18.2 Å². The molecule has 0 radical (unpaired) electrons. The van der Waals surface area contributed by atoms with E-state index in [1.54, 1.807) is 14.2 Å². The van der Waals surface area contributed by atoms with E-state index in [9.17, 15) is 0 Å². The van der Waals surface area contributed by atoms with Crippen LogP contribution in [0.5, 0.6) is 11.5 Å². The normalized spacial score (nSPS) is 29.3. The van der Waals surface area contributed by atoms with Crippen LogP contribution in [0.4, 0.5) is 5.69 Å². The first kappa shape index (κ1) is 11.7. The maximum Gasteiger partial charge on any atom is 0.162 e. The van der Waals surface area contributed by atoms with Crippen molar-refractivity contribution in [1.29, 1.82) is 0 Å². The van der Waals surface area contributed by atoms with Gasteiger partial charge in [0.25, 0.3) is 0 Å². The Balaban J connectivity index is 1.73. The Morgan fingerprint density at radius 1 is 1.06 bits per heavy atom. The molecule has 1 N–H and O–H groups in total. The molecule has 0 aromatic heterocycles. The first-order valence-electron chi connectivity index (χ1n) is 6.78. The van der Waals surface area contributed by atoms with Crippen molar-refractivity contribution in [2.75, 3.05) is 19.5 Å². The molecule has 1 aromatic rings. The number of nitrogens with one attached hydrogen (secondary N) is 1. The summed E-state index contributed by atoms with van der Waals surface area (Å²) in [5.74, 6) is 3.43. The van der Waals surface area contributed by atoms with Crippen molar-refractivity contribution in [3.63, 3.8) is 0 Å². The Bertz CT molecular complexity index is 433. The second kappa shape index (κ2) is 4.71. The lowest BCUT2D eigenvalue weighted by Gasteiger charge is -2.24. The van der Waals surface area contributed by atoms with Crippen LogP contribution in [0.3, 0.4) is 0 Å². The summed E-state index contributed by atoms with van der Waals surface area (Å²) in [6.45, 7) is 0. The summed E-state index contributed by atoms with van der Waals surface area (Å²) < 4.78 is 10.6. The van der Waals surface area contributed by atoms with E-state index in [1.165, 1.54) is 25.7 Å². The van der Waals surface area contributed by atoms with E-state index >= 15 is 0 Å². The summed E-state index contributed by atoms with van der Waals surface area (Å²) in [7, 11) is 3.35. The minimum Gasteiger partial charge on any atom is -0.493 e. The van der Waals surface area contributed by atoms with E-state index in [2.05, 4.69) is 11.4 Å². The Morgan fingerprint density at radius 3 is 2.50 bits per heavy atom. The average Bonchev–Trinajstić information content (AvgIpc) is 3.01. The van der Waals surface area contributed by atoms with E-state index in [0.29, 0.717) is 6.04 Å². The summed E-state index contributed by atoms with van der Waals surface area (Å²) in [5.41, 5.74) is 1.14. The maximum atomic E-state index is 5.34. The topological polar surface area (TPSA) is 30.5 Å². The second-order valence-corrected chi connectivity index (χ2v) is 5.50. The van der Waals surface area contributed by atoms with Gasteiger partial charge in [0.1, 0.15) is 0 Å². The highest BCUT2D eigenvalue weighted by Gasteiger charge is 2.39. The maximum absolute atomic E-state index is 5.34. The third-order valence-corrected chi connectivity index (χ3v) is 4.47. The number of hydrogen-bond donors (Lipinski definition) is 1. The Kier molecular flexibility index (Phi) is 3.06. The van der Waals surface area contributed by atoms with Crippen molar-refractivity contribution >= 4 is 5.69 Å². The van der Waals surface area contributed by atoms with Gasteiger partial charge in [-0.2, -0.15) is 0 Å². The highest BCUT2D eigenvalue weighted by Crippen LogP contribution is 2.45. The first-order chi connectivity index (χ1) is 8.80. The molecule has 3 atom stereocenters. The molecule has 3 nitrogen and oxygen atoms in total. The number of methoxy groups -OCH3 is 2. The van der Waals surface area contributed by atoms with Gasteiger partial charge in [-0.3, -0.25) is 0 Å². The molecule has 2 saturated carbocycles. The molecule has 1 aromatic carbocycles. The smallest absolute Gasteiger partial charge is 0.162 e. The third-order valence-electron chi connectivity index (χ3n) is 4.47. The zero-order chi connectivity index (χ0) is 12.5. The van der Waals surface area contributed by atoms with Crippen LogP contribution in [0.1, 0.15) is 25.7 Å². The highest BCUT2D eigenvalue weighted by molar-refractivity contribution is 5.55. The quantitative estimate of drug-likeness (QED) is 0.885. The molecule has 0 aliphatic heterocycles. The predicted molar refractivity (Wildman–Crippen MR) is 72.4 cm³/mol. The van der Waals surface area contributed by atoms with Gasteiger partial charge < -0.3 is 14.8 Å². The molecular formula is C15H21NO2. The van der Waals surface area contributed by atoms with Crippen molar-refractivity contribution in [1.82, 2.24) is 0 Å². The van der Waals surface area contributed by atoms with Gasteiger partial charge in [0.2, 0.25) is 0 Å². The molecule has 18 heavy (non-hydrogen) atoms. The summed E-state index contributed by atoms with van der Waals surface area (Å²) in [5, 5.41) is 3.66. The Labute approximate surface area is 108 Å². The highest BCUT2D eigenvalue weighted by atomic mass is 16.5. The summed E-state index contributed by atoms with van der Waals surface area (Å²) in [4.78, 5) is 0. The molecule has 3 rings (SSSR count). The first-order valence-corrected chi connectivity index (χ1v) is 6.78. The molecule has 0 heterocycles. The van der Waals surface area contributed by atoms with Crippen molar-refractivity contribution in [3.8, 4) is 11.5 Å². The van der Waals surface area contributed by atoms with Gasteiger partial charge >= 0.3 is 0 Å². The van der Waals surface area contributed by atoms with Gasteiger partial charge in [-0.05, 0) is 43.2 Å². The fourth-order valence-electron chi connectivity index (χ4n) is 3.56. The van der Waals surface area contributed by atoms with Crippen LogP contribution in [0.25, 0.3) is 0 Å². The summed E-state index contributed by atoms with van der Waals surface area (Å²) in [6.07, 6.45) is 5.59. The van der Waals surface area contributed by atoms with E-state index in [4.69, 9.17) is 9.47 Å². The SMILES string of the molecule is COc1ccc(N[C@H]2C[C@@H]3CC[C@@H]2C3)cc1OC. The number of ether oxygens (including phenoxy) is 2. The average molecular weight is 247 g/mol. The number of fused-ring (bicyclic) bond motifs is 2. The lowest BCUT2D eigenvalue weighted by atomic mass is 9.95. The van der Waals surface area contributed by atoms with Gasteiger partial charge in [0.15, 0.2) is 11.5 Å². The van der Waals surface area contributed by atoms with Crippen LogP contribution in [0.2, 0.25) is 0 Å². The monoisotopic (exact) mass is 247 g/mol. The Morgan fingerprint density at radius 2 is 1.89 bits per heavy atom. The van der Waals surface area contributed by atoms with Gasteiger partial charge in [0, 0.05) is 17.8 Å². The molecule has 0 amide bonds. The van der Waals surface area contributed by atoms with Crippen LogP contribution in [-0.4, -0.2) is 20.3 Å². The van der Waals surface area contributed by atoms with Crippen molar-refractivity contribution in [2.24, 2.45) is 11.8 Å². The summed E-state index contributed by atoms with van der Waals surface area (Å²) >= 11 is 0. The molecule has 98 valence electrons. The van der Waals surface area contributed by atoms with E-state index in [-0.39, 0.29) is 0 Å². The van der Waals surface area contributed by atoms with Crippen molar-refractivity contribution < 1.29 is 9.47 Å². The molecule has 0 spiro atoms. The van der Waals surface area contributed by atoms with Crippen LogP contribution < -0.4 is 14.8 Å². The van der Waals surface area contributed by atoms with E-state index < -0.39 is 0 Å². The zero-order valence-corrected chi connectivity index (χ0v) is 11.1. The van der Waals surface area contributed by atoms with Crippen LogP contribution in [0.15, 0.2) is 18.2 Å². The minimum atomic E-state index is 0.654. The van der Waals surface area contributed by atoms with Gasteiger partial charge in [-0.15, -0.1) is 0 Å². The number of hydrogen-bond acceptors (Lipinski definition) is 3. The van der Waals surface area contributed by atoms with E-state index in [0.717, 1.165) is 29.0 Å². The number of anilines is 1. The fraction of sp³-hybridized carbons (Fsp3) is 0.600. The largest absolute Gasteiger partial charge is 0.493 e. The van der Waals surface area contributed by atoms with Crippen LogP contribution in [0, 0.1) is 11.8 Å². The standard InChI is InChI=1S/C15H21NO2/c1-17-14-6-5-12(9-15(14)18-2)16-13-8-10-3-4-11(13)7-10/h5-6,9-11,13,16H,3-4,7-8H2,1-2H3/t10-,11-,13+/m1/s1. The second-order valence-electron chi connectivity index (χ2n) is 5.50. The lowest BCUT2D eigenvalue weighted by Crippen LogP contribution is -2.25. The van der Waals surface area contributed by atoms with Gasteiger partial charge in [0.05, 0.1) is 14.2 Å². The molecule has 2 fully saturated rings. The van der Waals surface area contributed by atoms with Crippen LogP contribution in [-0.2, 0) is 0 Å².